The van der Waals surface area contributed by atoms with Gasteiger partial charge in [-0.15, -0.1) is 0 Å². The van der Waals surface area contributed by atoms with Crippen LogP contribution in [0.1, 0.15) is 34.6 Å². The van der Waals surface area contributed by atoms with Crippen LogP contribution >= 0.6 is 20.0 Å². The van der Waals surface area contributed by atoms with E-state index in [0.717, 1.165) is 0 Å². The predicted octanol–water partition coefficient (Wildman–Crippen LogP) is 4.75. The van der Waals surface area contributed by atoms with Gasteiger partial charge in [-0.3, -0.25) is 0 Å². The van der Waals surface area contributed by atoms with Crippen molar-refractivity contribution in [1.82, 2.24) is 9.97 Å². The molecule has 0 radical (unpaired) electrons. The fourth-order valence-electron chi connectivity index (χ4n) is 2.20. The van der Waals surface area contributed by atoms with E-state index >= 15 is 0 Å². The van der Waals surface area contributed by atoms with E-state index in [2.05, 4.69) is 15.3 Å². The predicted molar refractivity (Wildman–Crippen MR) is 108 cm³/mol. The summed E-state index contributed by atoms with van der Waals surface area (Å²) in [6, 6.07) is 7.34. The molecular weight excluding hydrogens is 389 g/mol. The van der Waals surface area contributed by atoms with Crippen LogP contribution in [0, 0.1) is 0 Å². The van der Waals surface area contributed by atoms with Gasteiger partial charge in [0.1, 0.15) is 5.60 Å². The second kappa shape index (κ2) is 9.60. The Morgan fingerprint density at radius 3 is 2.22 bits per heavy atom. The van der Waals surface area contributed by atoms with Crippen LogP contribution in [-0.4, -0.2) is 40.5 Å². The van der Waals surface area contributed by atoms with Gasteiger partial charge < -0.3 is 19.1 Å². The third-order valence-electron chi connectivity index (χ3n) is 3.15. The highest BCUT2D eigenvalue weighted by atomic mass is 35.5. The second-order valence-electron chi connectivity index (χ2n) is 6.55. The Bertz CT molecular complexity index is 779. The summed E-state index contributed by atoms with van der Waals surface area (Å²) >= 11 is 6.28. The van der Waals surface area contributed by atoms with Crippen LogP contribution in [-0.2, 0) is 18.6 Å². The lowest BCUT2D eigenvalue weighted by atomic mass is 10.2. The van der Waals surface area contributed by atoms with Crippen molar-refractivity contribution in [3.63, 3.8) is 0 Å². The highest BCUT2D eigenvalue weighted by Gasteiger charge is 2.35. The van der Waals surface area contributed by atoms with Gasteiger partial charge >= 0.3 is 5.97 Å². The van der Waals surface area contributed by atoms with Crippen LogP contribution in [0.25, 0.3) is 11.0 Å². The van der Waals surface area contributed by atoms with Crippen molar-refractivity contribution in [3.05, 3.63) is 29.4 Å². The van der Waals surface area contributed by atoms with Crippen LogP contribution in [0.15, 0.2) is 24.3 Å². The number of nitrogens with zero attached hydrogens (tertiary/aromatic N) is 2. The number of rotatable bonds is 8. The van der Waals surface area contributed by atoms with E-state index in [0.29, 0.717) is 24.2 Å². The lowest BCUT2D eigenvalue weighted by Crippen LogP contribution is -2.36. The summed E-state index contributed by atoms with van der Waals surface area (Å²) in [5.41, 5.74) is 0.665. The van der Waals surface area contributed by atoms with Gasteiger partial charge in [0.05, 0.1) is 24.2 Å². The Morgan fingerprint density at radius 2 is 1.70 bits per heavy atom. The summed E-state index contributed by atoms with van der Waals surface area (Å²) in [4.78, 5) is 21.6. The van der Waals surface area contributed by atoms with E-state index in [4.69, 9.17) is 25.4 Å². The summed E-state index contributed by atoms with van der Waals surface area (Å²) in [6.07, 6.45) is 0. The summed E-state index contributed by atoms with van der Waals surface area (Å²) in [7, 11) is -1.61. The molecule has 2 rings (SSSR count). The zero-order chi connectivity index (χ0) is 20.0. The Hall–Kier alpha value is -1.53. The molecule has 0 amide bonds. The van der Waals surface area contributed by atoms with Gasteiger partial charge in [-0.2, -0.15) is 0 Å². The highest BCUT2D eigenvalue weighted by molar-refractivity contribution is 7.49. The van der Waals surface area contributed by atoms with Crippen molar-refractivity contribution in [2.24, 2.45) is 0 Å². The molecule has 0 saturated heterocycles. The molecule has 2 aromatic rings. The maximum absolute atomic E-state index is 12.8. The molecule has 7 nitrogen and oxygen atoms in total. The number of ether oxygens (including phenoxy) is 1. The van der Waals surface area contributed by atoms with Gasteiger partial charge in [-0.1, -0.05) is 23.7 Å². The zero-order valence-corrected chi connectivity index (χ0v) is 17.8. The number of halogens is 1. The van der Waals surface area contributed by atoms with Crippen LogP contribution < -0.4 is 5.32 Å². The smallest absolute Gasteiger partial charge is 0.338 e. The maximum Gasteiger partial charge on any atom is 0.338 e. The minimum Gasteiger partial charge on any atom is -0.458 e. The van der Waals surface area contributed by atoms with E-state index in [1.807, 2.05) is 38.1 Å². The molecule has 1 aromatic carbocycles. The average molecular weight is 414 g/mol. The quantitative estimate of drug-likeness (QED) is 0.494. The summed E-state index contributed by atoms with van der Waals surface area (Å²) in [6.45, 7) is 9.86. The summed E-state index contributed by atoms with van der Waals surface area (Å²) in [5, 5.41) is 3.19. The number of nitrogens with one attached hydrogen (secondary N) is 1. The van der Waals surface area contributed by atoms with E-state index in [9.17, 15) is 4.79 Å². The van der Waals surface area contributed by atoms with Crippen LogP contribution in [0.2, 0.25) is 5.15 Å². The first-order valence-electron chi connectivity index (χ1n) is 8.72. The largest absolute Gasteiger partial charge is 0.458 e. The van der Waals surface area contributed by atoms with Gasteiger partial charge in [-0.05, 0) is 46.8 Å². The van der Waals surface area contributed by atoms with E-state index < -0.39 is 25.7 Å². The summed E-state index contributed by atoms with van der Waals surface area (Å²) < 4.78 is 16.9. The molecule has 1 atom stereocenters. The molecule has 0 fully saturated rings. The number of hydrogen-bond acceptors (Lipinski definition) is 7. The number of carbonyl (C=O) groups excluding carboxylic acids is 1. The SMILES string of the molecule is CCOP(OCC)C(Nc1nc2ccccc2nc1Cl)C(=O)OC(C)(C)C. The molecule has 0 aliphatic rings. The zero-order valence-electron chi connectivity index (χ0n) is 16.2. The van der Waals surface area contributed by atoms with Gasteiger partial charge in [-0.25, -0.2) is 14.8 Å². The molecule has 0 aliphatic heterocycles. The molecule has 0 saturated carbocycles. The standard InChI is InChI=1S/C18H25ClN3O4P/c1-6-24-27(25-7-2)16(17(23)26-18(3,4)5)22-15-14(19)20-12-10-8-9-11-13(12)21-15/h8-11,16H,6-7H2,1-5H3,(H,21,22). The molecule has 148 valence electrons. The van der Waals surface area contributed by atoms with Crippen molar-refractivity contribution < 1.29 is 18.6 Å². The Balaban J connectivity index is 2.37. The lowest BCUT2D eigenvalue weighted by Gasteiger charge is -2.28. The summed E-state index contributed by atoms with van der Waals surface area (Å²) in [5.74, 6) is -1.12. The maximum atomic E-state index is 12.8. The number of aromatic nitrogens is 2. The fraction of sp³-hybridized carbons (Fsp3) is 0.500. The molecule has 9 heteroatoms. The highest BCUT2D eigenvalue weighted by Crippen LogP contribution is 2.45. The normalized spacial score (nSPS) is 13.0. The minimum atomic E-state index is -1.61. The molecule has 1 aromatic heterocycles. The number of para-hydroxylation sites is 2. The number of hydrogen-bond donors (Lipinski definition) is 1. The number of carbonyl (C=O) groups is 1. The van der Waals surface area contributed by atoms with Gasteiger partial charge in [0.25, 0.3) is 0 Å². The second-order valence-corrected chi connectivity index (χ2v) is 8.51. The molecular formula is C18H25ClN3O4P. The third kappa shape index (κ3) is 6.25. The van der Waals surface area contributed by atoms with Gasteiger partial charge in [0.2, 0.25) is 8.38 Å². The molecule has 0 bridgehead atoms. The minimum absolute atomic E-state index is 0.158. The first kappa shape index (κ1) is 21.8. The fourth-order valence-corrected chi connectivity index (χ4v) is 3.72. The Morgan fingerprint density at radius 1 is 1.15 bits per heavy atom. The van der Waals surface area contributed by atoms with E-state index in [1.165, 1.54) is 0 Å². The molecule has 1 N–H and O–H groups in total. The monoisotopic (exact) mass is 413 g/mol. The van der Waals surface area contributed by atoms with Crippen molar-refractivity contribution in [2.75, 3.05) is 18.5 Å². The number of esters is 1. The van der Waals surface area contributed by atoms with E-state index in [1.54, 1.807) is 20.8 Å². The van der Waals surface area contributed by atoms with Crippen molar-refractivity contribution in [2.45, 2.75) is 46.0 Å². The average Bonchev–Trinajstić information content (AvgIpc) is 2.58. The molecule has 1 unspecified atom stereocenters. The van der Waals surface area contributed by atoms with Gasteiger partial charge in [0.15, 0.2) is 16.8 Å². The first-order chi connectivity index (χ1) is 12.7. The lowest BCUT2D eigenvalue weighted by molar-refractivity contribution is -0.153. The van der Waals surface area contributed by atoms with Crippen LogP contribution in [0.5, 0.6) is 0 Å². The number of benzene rings is 1. The third-order valence-corrected chi connectivity index (χ3v) is 5.21. The van der Waals surface area contributed by atoms with Gasteiger partial charge in [0, 0.05) is 0 Å². The Kier molecular flexibility index (Phi) is 7.74. The van der Waals surface area contributed by atoms with Crippen molar-refractivity contribution >= 4 is 42.8 Å². The Labute approximate surface area is 165 Å². The first-order valence-corrected chi connectivity index (χ1v) is 10.3. The molecule has 1 heterocycles. The van der Waals surface area contributed by atoms with Crippen molar-refractivity contribution in [3.8, 4) is 0 Å². The molecule has 27 heavy (non-hydrogen) atoms. The molecule has 0 aliphatic carbocycles. The van der Waals surface area contributed by atoms with Crippen molar-refractivity contribution in [1.29, 1.82) is 0 Å². The van der Waals surface area contributed by atoms with Crippen LogP contribution in [0.4, 0.5) is 5.82 Å². The van der Waals surface area contributed by atoms with E-state index in [-0.39, 0.29) is 11.0 Å². The van der Waals surface area contributed by atoms with Crippen LogP contribution in [0.3, 0.4) is 0 Å². The number of anilines is 1. The molecule has 0 spiro atoms. The topological polar surface area (TPSA) is 82.6 Å². The number of fused-ring (bicyclic) bond motifs is 1.